The van der Waals surface area contributed by atoms with Crippen LogP contribution in [0.15, 0.2) is 18.3 Å². The highest BCUT2D eigenvalue weighted by atomic mass is 32.1. The molecule has 86 valence electrons. The van der Waals surface area contributed by atoms with Gasteiger partial charge in [0, 0.05) is 13.1 Å². The van der Waals surface area contributed by atoms with Crippen molar-refractivity contribution in [1.29, 1.82) is 0 Å². The largest absolute Gasteiger partial charge is 0.388 e. The van der Waals surface area contributed by atoms with E-state index >= 15 is 0 Å². The lowest BCUT2D eigenvalue weighted by atomic mass is 10.2. The SMILES string of the molecule is CC(C1CC1)N(C)c1ccc(C(N)=S)nc1. The molecule has 0 aromatic carbocycles. The highest BCUT2D eigenvalue weighted by molar-refractivity contribution is 7.80. The van der Waals surface area contributed by atoms with E-state index in [1.165, 1.54) is 12.8 Å². The van der Waals surface area contributed by atoms with Crippen LogP contribution in [-0.2, 0) is 0 Å². The number of thiocarbonyl (C=S) groups is 1. The Kier molecular flexibility index (Phi) is 3.10. The second-order valence-corrected chi connectivity index (χ2v) is 4.89. The van der Waals surface area contributed by atoms with Crippen LogP contribution in [0.2, 0.25) is 0 Å². The summed E-state index contributed by atoms with van der Waals surface area (Å²) >= 11 is 4.88. The number of hydrogen-bond acceptors (Lipinski definition) is 3. The van der Waals surface area contributed by atoms with Gasteiger partial charge in [0.2, 0.25) is 0 Å². The molecule has 1 aromatic heterocycles. The van der Waals surface area contributed by atoms with E-state index in [-0.39, 0.29) is 0 Å². The molecule has 0 amide bonds. The van der Waals surface area contributed by atoms with Crippen LogP contribution >= 0.6 is 12.2 Å². The third-order valence-electron chi connectivity index (χ3n) is 3.32. The molecular weight excluding hydrogens is 218 g/mol. The highest BCUT2D eigenvalue weighted by Gasteiger charge is 2.30. The minimum absolute atomic E-state index is 0.351. The van der Waals surface area contributed by atoms with Crippen molar-refractivity contribution < 1.29 is 0 Å². The van der Waals surface area contributed by atoms with Gasteiger partial charge in [0.15, 0.2) is 0 Å². The molecule has 16 heavy (non-hydrogen) atoms. The lowest BCUT2D eigenvalue weighted by molar-refractivity contribution is 0.608. The first-order valence-electron chi connectivity index (χ1n) is 5.58. The first kappa shape index (κ1) is 11.3. The lowest BCUT2D eigenvalue weighted by Crippen LogP contribution is -2.30. The molecule has 1 aromatic rings. The van der Waals surface area contributed by atoms with Gasteiger partial charge in [0.25, 0.3) is 0 Å². The van der Waals surface area contributed by atoms with E-state index in [9.17, 15) is 0 Å². The average molecular weight is 235 g/mol. The molecule has 3 nitrogen and oxygen atoms in total. The minimum atomic E-state index is 0.351. The van der Waals surface area contributed by atoms with Crippen molar-refractivity contribution in [3.8, 4) is 0 Å². The summed E-state index contributed by atoms with van der Waals surface area (Å²) in [7, 11) is 2.11. The summed E-state index contributed by atoms with van der Waals surface area (Å²) in [5, 5.41) is 0. The maximum absolute atomic E-state index is 5.51. The second-order valence-electron chi connectivity index (χ2n) is 4.45. The molecular formula is C12H17N3S. The topological polar surface area (TPSA) is 42.1 Å². The molecule has 1 saturated carbocycles. The summed E-state index contributed by atoms with van der Waals surface area (Å²) in [4.78, 5) is 6.88. The van der Waals surface area contributed by atoms with Gasteiger partial charge in [-0.05, 0) is 37.8 Å². The van der Waals surface area contributed by atoms with Crippen molar-refractivity contribution in [2.75, 3.05) is 11.9 Å². The predicted molar refractivity (Wildman–Crippen MR) is 70.7 cm³/mol. The third kappa shape index (κ3) is 2.32. The molecule has 2 rings (SSSR count). The number of aromatic nitrogens is 1. The summed E-state index contributed by atoms with van der Waals surface area (Å²) in [6.07, 6.45) is 4.54. The molecule has 1 aliphatic carbocycles. The Bertz CT molecular complexity index is 384. The Morgan fingerprint density at radius 2 is 2.25 bits per heavy atom. The first-order valence-corrected chi connectivity index (χ1v) is 5.99. The van der Waals surface area contributed by atoms with Crippen molar-refractivity contribution in [1.82, 2.24) is 4.98 Å². The third-order valence-corrected chi connectivity index (χ3v) is 3.53. The number of rotatable bonds is 4. The van der Waals surface area contributed by atoms with Gasteiger partial charge in [-0.15, -0.1) is 0 Å². The fourth-order valence-corrected chi connectivity index (χ4v) is 1.99. The van der Waals surface area contributed by atoms with Crippen LogP contribution in [-0.4, -0.2) is 23.1 Å². The average Bonchev–Trinajstić information content (AvgIpc) is 3.11. The molecule has 0 spiro atoms. The van der Waals surface area contributed by atoms with E-state index in [1.807, 2.05) is 18.3 Å². The van der Waals surface area contributed by atoms with Crippen LogP contribution in [0, 0.1) is 5.92 Å². The standard InChI is InChI=1S/C12H17N3S/c1-8(9-3-4-9)15(2)10-5-6-11(12(13)16)14-7-10/h5-9H,3-4H2,1-2H3,(H2,13,16). The highest BCUT2D eigenvalue weighted by Crippen LogP contribution is 2.36. The molecule has 0 radical (unpaired) electrons. The van der Waals surface area contributed by atoms with E-state index in [0.717, 1.165) is 11.6 Å². The summed E-state index contributed by atoms with van der Waals surface area (Å²) in [6, 6.07) is 4.49. The molecule has 1 aliphatic rings. The molecule has 1 fully saturated rings. The predicted octanol–water partition coefficient (Wildman–Crippen LogP) is 1.95. The maximum Gasteiger partial charge on any atom is 0.122 e. The van der Waals surface area contributed by atoms with Crippen LogP contribution in [0.4, 0.5) is 5.69 Å². The van der Waals surface area contributed by atoms with Crippen LogP contribution in [0.1, 0.15) is 25.5 Å². The summed E-state index contributed by atoms with van der Waals surface area (Å²) in [6.45, 7) is 2.26. The molecule has 1 atom stereocenters. The van der Waals surface area contributed by atoms with E-state index in [2.05, 4.69) is 23.9 Å². The fraction of sp³-hybridized carbons (Fsp3) is 0.500. The van der Waals surface area contributed by atoms with Crippen molar-refractivity contribution >= 4 is 22.9 Å². The number of hydrogen-bond donors (Lipinski definition) is 1. The summed E-state index contributed by atoms with van der Waals surface area (Å²) < 4.78 is 0. The van der Waals surface area contributed by atoms with Gasteiger partial charge in [-0.25, -0.2) is 0 Å². The lowest BCUT2D eigenvalue weighted by Gasteiger charge is -2.26. The molecule has 2 N–H and O–H groups in total. The number of pyridine rings is 1. The Hall–Kier alpha value is -1.16. The van der Waals surface area contributed by atoms with E-state index in [0.29, 0.717) is 16.7 Å². The molecule has 1 heterocycles. The Balaban J connectivity index is 2.11. The Morgan fingerprint density at radius 1 is 1.56 bits per heavy atom. The zero-order valence-corrected chi connectivity index (χ0v) is 10.5. The van der Waals surface area contributed by atoms with Crippen molar-refractivity contribution in [2.24, 2.45) is 11.7 Å². The van der Waals surface area contributed by atoms with E-state index < -0.39 is 0 Å². The normalized spacial score (nSPS) is 16.9. The molecule has 1 unspecified atom stereocenters. The molecule has 0 saturated heterocycles. The monoisotopic (exact) mass is 235 g/mol. The van der Waals surface area contributed by atoms with E-state index in [4.69, 9.17) is 18.0 Å². The quantitative estimate of drug-likeness (QED) is 0.810. The molecule has 4 heteroatoms. The zero-order valence-electron chi connectivity index (χ0n) is 9.68. The number of anilines is 1. The van der Waals surface area contributed by atoms with Crippen LogP contribution in [0.25, 0.3) is 0 Å². The van der Waals surface area contributed by atoms with Gasteiger partial charge >= 0.3 is 0 Å². The first-order chi connectivity index (χ1) is 7.59. The number of nitrogens with two attached hydrogens (primary N) is 1. The van der Waals surface area contributed by atoms with Crippen molar-refractivity contribution in [3.63, 3.8) is 0 Å². The summed E-state index contributed by atoms with van der Waals surface area (Å²) in [5.41, 5.74) is 7.32. The minimum Gasteiger partial charge on any atom is -0.388 e. The van der Waals surface area contributed by atoms with Gasteiger partial charge in [0.05, 0.1) is 17.6 Å². The number of nitrogens with zero attached hydrogens (tertiary/aromatic N) is 2. The smallest absolute Gasteiger partial charge is 0.122 e. The van der Waals surface area contributed by atoms with Gasteiger partial charge in [-0.2, -0.15) is 0 Å². The fourth-order valence-electron chi connectivity index (χ4n) is 1.87. The summed E-state index contributed by atoms with van der Waals surface area (Å²) in [5.74, 6) is 0.847. The van der Waals surface area contributed by atoms with Crippen LogP contribution in [0.5, 0.6) is 0 Å². The van der Waals surface area contributed by atoms with E-state index in [1.54, 1.807) is 0 Å². The van der Waals surface area contributed by atoms with Crippen molar-refractivity contribution in [2.45, 2.75) is 25.8 Å². The maximum atomic E-state index is 5.51. The molecule has 0 bridgehead atoms. The Morgan fingerprint density at radius 3 is 2.69 bits per heavy atom. The van der Waals surface area contributed by atoms with Gasteiger partial charge in [-0.3, -0.25) is 4.98 Å². The molecule has 0 aliphatic heterocycles. The second kappa shape index (κ2) is 4.37. The van der Waals surface area contributed by atoms with Crippen LogP contribution < -0.4 is 10.6 Å². The van der Waals surface area contributed by atoms with Gasteiger partial charge in [-0.1, -0.05) is 12.2 Å². The van der Waals surface area contributed by atoms with Crippen molar-refractivity contribution in [3.05, 3.63) is 24.0 Å². The van der Waals surface area contributed by atoms with Gasteiger partial charge < -0.3 is 10.6 Å². The zero-order chi connectivity index (χ0) is 11.7. The van der Waals surface area contributed by atoms with Crippen LogP contribution in [0.3, 0.4) is 0 Å². The van der Waals surface area contributed by atoms with Gasteiger partial charge in [0.1, 0.15) is 4.99 Å². The Labute approximate surface area is 102 Å².